The molecule has 0 N–H and O–H groups in total. The van der Waals surface area contributed by atoms with Crippen LogP contribution in [0.2, 0.25) is 0 Å². The Morgan fingerprint density at radius 1 is 0.714 bits per heavy atom. The standard InChI is InChI=1S/C12H21P.Pt/c1-4-7-10-13(11-8-5-2)12-9-6-3;/h4-9H,10-12H2,1-3H3;. The van der Waals surface area contributed by atoms with E-state index in [2.05, 4.69) is 57.2 Å². The minimum Gasteiger partial charge on any atom is -0.0951 e. The minimum atomic E-state index is 0. The fourth-order valence-electron chi connectivity index (χ4n) is 0.987. The first-order chi connectivity index (χ1) is 6.35. The molecule has 0 fully saturated rings. The van der Waals surface area contributed by atoms with Crippen LogP contribution in [0, 0.1) is 0 Å². The van der Waals surface area contributed by atoms with Crippen molar-refractivity contribution in [1.29, 1.82) is 0 Å². The molecule has 84 valence electrons. The molecule has 0 aliphatic carbocycles. The van der Waals surface area contributed by atoms with E-state index in [1.807, 2.05) is 0 Å². The minimum absolute atomic E-state index is 0. The van der Waals surface area contributed by atoms with E-state index in [1.165, 1.54) is 18.5 Å². The van der Waals surface area contributed by atoms with Gasteiger partial charge in [0, 0.05) is 21.1 Å². The zero-order valence-corrected chi connectivity index (χ0v) is 12.5. The van der Waals surface area contributed by atoms with Gasteiger partial charge < -0.3 is 0 Å². The van der Waals surface area contributed by atoms with E-state index in [-0.39, 0.29) is 29.0 Å². The first-order valence-corrected chi connectivity index (χ1v) is 6.80. The molecule has 0 spiro atoms. The van der Waals surface area contributed by atoms with Crippen molar-refractivity contribution in [3.05, 3.63) is 36.5 Å². The maximum atomic E-state index is 2.29. The van der Waals surface area contributed by atoms with Crippen LogP contribution in [-0.2, 0) is 21.1 Å². The van der Waals surface area contributed by atoms with E-state index in [0.717, 1.165) is 0 Å². The Balaban J connectivity index is 0. The molecular formula is C12H21PPt. The maximum Gasteiger partial charge on any atom is 0 e. The quantitative estimate of drug-likeness (QED) is 0.471. The van der Waals surface area contributed by atoms with Crippen molar-refractivity contribution < 1.29 is 21.1 Å². The third kappa shape index (κ3) is 10.4. The Morgan fingerprint density at radius 2 is 1.00 bits per heavy atom. The second-order valence-corrected chi connectivity index (χ2v) is 5.36. The van der Waals surface area contributed by atoms with Gasteiger partial charge in [-0.3, -0.25) is 0 Å². The second kappa shape index (κ2) is 13.3. The summed E-state index contributed by atoms with van der Waals surface area (Å²) in [6.07, 6.45) is 17.1. The Morgan fingerprint density at radius 3 is 1.21 bits per heavy atom. The van der Waals surface area contributed by atoms with Crippen molar-refractivity contribution >= 4 is 7.92 Å². The summed E-state index contributed by atoms with van der Waals surface area (Å²) in [5, 5.41) is 0. The van der Waals surface area contributed by atoms with Gasteiger partial charge in [-0.05, 0) is 39.3 Å². The number of hydrogen-bond donors (Lipinski definition) is 0. The predicted molar refractivity (Wildman–Crippen MR) is 66.0 cm³/mol. The molecule has 0 aliphatic rings. The summed E-state index contributed by atoms with van der Waals surface area (Å²) in [5.74, 6) is 0. The Labute approximate surface area is 105 Å². The van der Waals surface area contributed by atoms with Crippen LogP contribution in [0.25, 0.3) is 0 Å². The van der Waals surface area contributed by atoms with Gasteiger partial charge in [0.15, 0.2) is 0 Å². The fourth-order valence-corrected chi connectivity index (χ4v) is 2.96. The van der Waals surface area contributed by atoms with Gasteiger partial charge in [-0.2, -0.15) is 0 Å². The van der Waals surface area contributed by atoms with Crippen molar-refractivity contribution in [3.63, 3.8) is 0 Å². The smallest absolute Gasteiger partial charge is 0 e. The van der Waals surface area contributed by atoms with Gasteiger partial charge >= 0.3 is 0 Å². The summed E-state index contributed by atoms with van der Waals surface area (Å²) in [6, 6.07) is 0. The number of hydrogen-bond acceptors (Lipinski definition) is 0. The molecule has 0 rings (SSSR count). The second-order valence-electron chi connectivity index (χ2n) is 2.93. The molecule has 0 saturated carbocycles. The molecule has 0 aliphatic heterocycles. The molecule has 2 heteroatoms. The Kier molecular flexibility index (Phi) is 16.0. The van der Waals surface area contributed by atoms with Crippen LogP contribution < -0.4 is 0 Å². The zero-order chi connectivity index (χ0) is 9.94. The van der Waals surface area contributed by atoms with Gasteiger partial charge in [-0.15, -0.1) is 0 Å². The molecule has 0 radical (unpaired) electrons. The molecule has 0 bridgehead atoms. The molecule has 0 aromatic heterocycles. The van der Waals surface area contributed by atoms with Crippen LogP contribution >= 0.6 is 7.92 Å². The van der Waals surface area contributed by atoms with Gasteiger partial charge in [0.1, 0.15) is 0 Å². The van der Waals surface area contributed by atoms with Crippen LogP contribution in [0.5, 0.6) is 0 Å². The van der Waals surface area contributed by atoms with Crippen LogP contribution in [0.1, 0.15) is 20.8 Å². The van der Waals surface area contributed by atoms with E-state index >= 15 is 0 Å². The van der Waals surface area contributed by atoms with E-state index in [4.69, 9.17) is 0 Å². The summed E-state index contributed by atoms with van der Waals surface area (Å²) in [4.78, 5) is 0. The fraction of sp³-hybridized carbons (Fsp3) is 0.500. The molecule has 0 aromatic rings. The van der Waals surface area contributed by atoms with Gasteiger partial charge in [-0.1, -0.05) is 44.4 Å². The molecule has 14 heavy (non-hydrogen) atoms. The van der Waals surface area contributed by atoms with Crippen molar-refractivity contribution in [2.75, 3.05) is 18.5 Å². The number of allylic oxidation sites excluding steroid dienone is 6. The summed E-state index contributed by atoms with van der Waals surface area (Å²) >= 11 is 0. The summed E-state index contributed by atoms with van der Waals surface area (Å²) in [5.41, 5.74) is 0. The molecular weight excluding hydrogens is 370 g/mol. The Hall–Kier alpha value is 0.338. The third-order valence-electron chi connectivity index (χ3n) is 1.80. The van der Waals surface area contributed by atoms with Crippen LogP contribution in [0.3, 0.4) is 0 Å². The number of rotatable bonds is 6. The zero-order valence-electron chi connectivity index (χ0n) is 9.35. The van der Waals surface area contributed by atoms with Crippen molar-refractivity contribution in [2.45, 2.75) is 20.8 Å². The topological polar surface area (TPSA) is 0 Å². The summed E-state index contributed by atoms with van der Waals surface area (Å²) in [7, 11) is 0.161. The monoisotopic (exact) mass is 391 g/mol. The molecule has 0 unspecified atom stereocenters. The van der Waals surface area contributed by atoms with Crippen molar-refractivity contribution in [1.82, 2.24) is 0 Å². The maximum absolute atomic E-state index is 2.29. The average molecular weight is 391 g/mol. The van der Waals surface area contributed by atoms with Gasteiger partial charge in [-0.25, -0.2) is 0 Å². The van der Waals surface area contributed by atoms with E-state index in [9.17, 15) is 0 Å². The predicted octanol–water partition coefficient (Wildman–Crippen LogP) is 4.19. The van der Waals surface area contributed by atoms with Crippen LogP contribution in [0.15, 0.2) is 36.5 Å². The Bertz CT molecular complexity index is 149. The van der Waals surface area contributed by atoms with Crippen LogP contribution in [0.4, 0.5) is 0 Å². The average Bonchev–Trinajstić information content (AvgIpc) is 2.17. The normalized spacial score (nSPS) is 13.9. The first kappa shape index (κ1) is 16.8. The third-order valence-corrected chi connectivity index (χ3v) is 3.98. The molecule has 0 aromatic carbocycles. The van der Waals surface area contributed by atoms with Gasteiger partial charge in [0.25, 0.3) is 0 Å². The molecule has 0 heterocycles. The molecule has 0 nitrogen and oxygen atoms in total. The molecule has 0 atom stereocenters. The van der Waals surface area contributed by atoms with E-state index in [1.54, 1.807) is 0 Å². The summed E-state index contributed by atoms with van der Waals surface area (Å²) in [6.45, 7) is 6.29. The van der Waals surface area contributed by atoms with E-state index < -0.39 is 0 Å². The van der Waals surface area contributed by atoms with Gasteiger partial charge in [0.05, 0.1) is 0 Å². The molecule has 0 saturated heterocycles. The van der Waals surface area contributed by atoms with Crippen molar-refractivity contribution in [2.24, 2.45) is 0 Å². The largest absolute Gasteiger partial charge is 0.0951 e. The van der Waals surface area contributed by atoms with E-state index in [0.29, 0.717) is 0 Å². The van der Waals surface area contributed by atoms with Gasteiger partial charge in [0.2, 0.25) is 0 Å². The SMILES string of the molecule is CC=CCP(CC=CC)CC=CC.[Pt]. The summed E-state index contributed by atoms with van der Waals surface area (Å²) < 4.78 is 0. The van der Waals surface area contributed by atoms with Crippen molar-refractivity contribution in [3.8, 4) is 0 Å². The van der Waals surface area contributed by atoms with Crippen LogP contribution in [-0.4, -0.2) is 18.5 Å². The molecule has 0 amide bonds. The first-order valence-electron chi connectivity index (χ1n) is 4.91.